The third kappa shape index (κ3) is 11.2. The molecule has 0 aromatic heterocycles. The molecule has 3 heteroatoms. The molecule has 0 atom stereocenters. The second kappa shape index (κ2) is 21.4. The molecule has 0 radical (unpaired) electrons. The first-order valence-electron chi connectivity index (χ1n) is 20.5. The molecule has 284 valence electrons. The first-order valence-corrected chi connectivity index (χ1v) is 22.7. The van der Waals surface area contributed by atoms with Crippen LogP contribution >= 0.6 is 7.26 Å². The SMILES string of the molecule is CN(C)CCOc1ccc(/C(=C(/CCCCCCCCCC[PH](c2ccccc2)(c2ccccc2)c2ccccc2)c2ccccc2)c2ccccc2)cc1. The van der Waals surface area contributed by atoms with Gasteiger partial charge in [0.25, 0.3) is 0 Å². The molecule has 2 nitrogen and oxygen atoms in total. The first kappa shape index (κ1) is 39.9. The van der Waals surface area contributed by atoms with Crippen LogP contribution in [-0.4, -0.2) is 38.3 Å². The van der Waals surface area contributed by atoms with E-state index in [1.54, 1.807) is 0 Å². The normalized spacial score (nSPS) is 12.3. The van der Waals surface area contributed by atoms with Gasteiger partial charge in [-0.15, -0.1) is 0 Å². The summed E-state index contributed by atoms with van der Waals surface area (Å²) in [6.45, 7) is 1.58. The predicted molar refractivity (Wildman–Crippen MR) is 242 cm³/mol. The zero-order valence-corrected chi connectivity index (χ0v) is 34.1. The van der Waals surface area contributed by atoms with Crippen molar-refractivity contribution in [2.24, 2.45) is 0 Å². The van der Waals surface area contributed by atoms with Gasteiger partial charge in [0.2, 0.25) is 0 Å². The summed E-state index contributed by atoms with van der Waals surface area (Å²) in [5.41, 5.74) is 6.57. The van der Waals surface area contributed by atoms with Crippen LogP contribution in [0.3, 0.4) is 0 Å². The van der Waals surface area contributed by atoms with E-state index in [4.69, 9.17) is 4.74 Å². The summed E-state index contributed by atoms with van der Waals surface area (Å²) in [4.78, 5) is 2.15. The van der Waals surface area contributed by atoms with Gasteiger partial charge in [-0.1, -0.05) is 72.8 Å². The van der Waals surface area contributed by atoms with E-state index in [1.807, 2.05) is 0 Å². The fourth-order valence-corrected chi connectivity index (χ4v) is 13.0. The van der Waals surface area contributed by atoms with Gasteiger partial charge < -0.3 is 9.64 Å². The second-order valence-electron chi connectivity index (χ2n) is 15.1. The van der Waals surface area contributed by atoms with Crippen molar-refractivity contribution in [1.29, 1.82) is 0 Å². The quantitative estimate of drug-likeness (QED) is 0.0413. The Labute approximate surface area is 332 Å². The predicted octanol–water partition coefficient (Wildman–Crippen LogP) is 11.8. The number of benzene rings is 6. The summed E-state index contributed by atoms with van der Waals surface area (Å²) in [7, 11) is 2.02. The van der Waals surface area contributed by atoms with Crippen molar-refractivity contribution < 1.29 is 4.74 Å². The minimum absolute atomic E-state index is 0.683. The van der Waals surface area contributed by atoms with E-state index < -0.39 is 7.26 Å². The second-order valence-corrected chi connectivity index (χ2v) is 19.1. The van der Waals surface area contributed by atoms with Crippen molar-refractivity contribution in [3.8, 4) is 5.75 Å². The van der Waals surface area contributed by atoms with Gasteiger partial charge >= 0.3 is 195 Å². The molecule has 0 fully saturated rings. The molecular weight excluding hydrogens is 686 g/mol. The molecule has 0 saturated heterocycles. The first-order chi connectivity index (χ1) is 27.1. The Morgan fingerprint density at radius 1 is 0.436 bits per heavy atom. The van der Waals surface area contributed by atoms with Crippen LogP contribution < -0.4 is 20.7 Å². The van der Waals surface area contributed by atoms with Crippen molar-refractivity contribution in [3.05, 3.63) is 193 Å². The van der Waals surface area contributed by atoms with Gasteiger partial charge in [0.1, 0.15) is 12.4 Å². The molecule has 0 unspecified atom stereocenters. The van der Waals surface area contributed by atoms with E-state index in [-0.39, 0.29) is 0 Å². The van der Waals surface area contributed by atoms with Crippen LogP contribution in [0, 0.1) is 0 Å². The molecule has 6 aromatic carbocycles. The molecule has 6 rings (SSSR count). The van der Waals surface area contributed by atoms with Crippen LogP contribution in [0.25, 0.3) is 11.1 Å². The molecule has 0 amide bonds. The Morgan fingerprint density at radius 2 is 0.836 bits per heavy atom. The van der Waals surface area contributed by atoms with Gasteiger partial charge in [0, 0.05) is 6.54 Å². The van der Waals surface area contributed by atoms with E-state index in [0.717, 1.165) is 18.7 Å². The fourth-order valence-electron chi connectivity index (χ4n) is 8.09. The third-order valence-corrected chi connectivity index (χ3v) is 16.0. The van der Waals surface area contributed by atoms with Crippen LogP contribution in [0.4, 0.5) is 0 Å². The molecule has 0 aliphatic rings. The van der Waals surface area contributed by atoms with Gasteiger partial charge in [-0.05, 0) is 37.4 Å². The number of ether oxygens (including phenoxy) is 1. The summed E-state index contributed by atoms with van der Waals surface area (Å²) in [5, 5.41) is 4.56. The molecule has 0 saturated carbocycles. The van der Waals surface area contributed by atoms with Gasteiger partial charge in [0.05, 0.1) is 0 Å². The van der Waals surface area contributed by atoms with Crippen molar-refractivity contribution in [1.82, 2.24) is 4.90 Å². The van der Waals surface area contributed by atoms with Crippen molar-refractivity contribution in [3.63, 3.8) is 0 Å². The molecule has 55 heavy (non-hydrogen) atoms. The zero-order valence-electron chi connectivity index (χ0n) is 33.1. The minimum atomic E-state index is -2.13. The smallest absolute Gasteiger partial charge is 0.0622 e. The van der Waals surface area contributed by atoms with Gasteiger partial charge in [-0.2, -0.15) is 0 Å². The molecular formula is C52H60NOP. The van der Waals surface area contributed by atoms with Crippen LogP contribution in [0.2, 0.25) is 0 Å². The molecule has 0 N–H and O–H groups in total. The molecule has 0 aliphatic heterocycles. The molecule has 6 aromatic rings. The van der Waals surface area contributed by atoms with Crippen molar-refractivity contribution in [2.45, 2.75) is 57.8 Å². The summed E-state index contributed by atoms with van der Waals surface area (Å²) >= 11 is 0. The van der Waals surface area contributed by atoms with Crippen LogP contribution in [0.15, 0.2) is 176 Å². The standard InChI is InChI=1S/C52H60NOP/c1-53(2)41-42-54-47-39-37-46(38-40-47)52(45-28-16-10-17-29-45)51(44-26-14-9-15-27-44)36-24-7-5-3-4-6-8-25-43-55(48-30-18-11-19-31-48,49-32-20-12-21-33-49)50-34-22-13-23-35-50/h9-23,26-35,37-40,55H,3-8,24-25,36,41-43H2,1-2H3/b52-51-. The Balaban J connectivity index is 1.06. The maximum atomic E-state index is 6.05. The summed E-state index contributed by atoms with van der Waals surface area (Å²) in [6, 6.07) is 64.8. The van der Waals surface area contributed by atoms with E-state index in [1.165, 1.54) is 101 Å². The monoisotopic (exact) mass is 745 g/mol. The summed E-state index contributed by atoms with van der Waals surface area (Å²) < 4.78 is 6.05. The topological polar surface area (TPSA) is 12.5 Å². The number of likely N-dealkylation sites (N-methyl/N-ethyl adjacent to an activating group) is 1. The molecule has 0 bridgehead atoms. The van der Waals surface area contributed by atoms with Crippen molar-refractivity contribution in [2.75, 3.05) is 33.4 Å². The van der Waals surface area contributed by atoms with Gasteiger partial charge in [-0.3, -0.25) is 0 Å². The number of nitrogens with zero attached hydrogens (tertiary/aromatic N) is 1. The Hall–Kier alpha value is -4.75. The minimum Gasteiger partial charge on any atom is -0.0622 e. The maximum absolute atomic E-state index is 6.05. The Kier molecular flexibility index (Phi) is 15.5. The van der Waals surface area contributed by atoms with Crippen LogP contribution in [-0.2, 0) is 0 Å². The Bertz CT molecular complexity index is 1880. The zero-order chi connectivity index (χ0) is 38.0. The number of allylic oxidation sites excluding steroid dienone is 1. The number of rotatable bonds is 21. The van der Waals surface area contributed by atoms with Crippen molar-refractivity contribution >= 4 is 34.3 Å². The number of hydrogen-bond acceptors (Lipinski definition) is 2. The molecule has 0 heterocycles. The summed E-state index contributed by atoms with van der Waals surface area (Å²) in [6.07, 6.45) is 12.5. The number of hydrogen-bond donors (Lipinski definition) is 0. The van der Waals surface area contributed by atoms with E-state index in [0.29, 0.717) is 6.61 Å². The van der Waals surface area contributed by atoms with E-state index in [2.05, 4.69) is 195 Å². The van der Waals surface area contributed by atoms with Gasteiger partial charge in [-0.25, -0.2) is 0 Å². The van der Waals surface area contributed by atoms with Crippen LogP contribution in [0.1, 0.15) is 74.5 Å². The fraction of sp³-hybridized carbons (Fsp3) is 0.269. The molecule has 0 spiro atoms. The number of unbranched alkanes of at least 4 members (excludes halogenated alkanes) is 7. The van der Waals surface area contributed by atoms with E-state index in [9.17, 15) is 0 Å². The Morgan fingerprint density at radius 3 is 1.31 bits per heavy atom. The van der Waals surface area contributed by atoms with E-state index >= 15 is 0 Å². The average molecular weight is 746 g/mol. The average Bonchev–Trinajstić information content (AvgIpc) is 3.24. The third-order valence-electron chi connectivity index (χ3n) is 11.0. The van der Waals surface area contributed by atoms with Gasteiger partial charge in [0.15, 0.2) is 0 Å². The van der Waals surface area contributed by atoms with Crippen LogP contribution in [0.5, 0.6) is 5.75 Å². The molecule has 0 aliphatic carbocycles. The summed E-state index contributed by atoms with van der Waals surface area (Å²) in [5.74, 6) is 0.921.